The number of hydrogen-bond acceptors (Lipinski definition) is 7. The van der Waals surface area contributed by atoms with E-state index in [0.29, 0.717) is 15.7 Å². The standard InChI is InChI=1S/C11H12N4O3S2/c1-15-6-12-14-11(15)20-5-8(16)13-7-3-4-19-9(7)10(17)18-2/h3-4,6H,5H2,1-2H3,(H,13,16). The number of rotatable bonds is 5. The average Bonchev–Trinajstić information content (AvgIpc) is 3.05. The maximum atomic E-state index is 11.8. The van der Waals surface area contributed by atoms with E-state index in [2.05, 4.69) is 20.3 Å². The second kappa shape index (κ2) is 6.53. The van der Waals surface area contributed by atoms with Crippen molar-refractivity contribution in [2.75, 3.05) is 18.2 Å². The molecule has 7 nitrogen and oxygen atoms in total. The van der Waals surface area contributed by atoms with Crippen LogP contribution in [-0.2, 0) is 16.6 Å². The Morgan fingerprint density at radius 3 is 3.00 bits per heavy atom. The van der Waals surface area contributed by atoms with E-state index in [-0.39, 0.29) is 11.7 Å². The molecular weight excluding hydrogens is 300 g/mol. The van der Waals surface area contributed by atoms with Gasteiger partial charge >= 0.3 is 5.97 Å². The molecule has 0 unspecified atom stereocenters. The molecule has 0 fully saturated rings. The lowest BCUT2D eigenvalue weighted by Crippen LogP contribution is -2.16. The van der Waals surface area contributed by atoms with Crippen molar-refractivity contribution in [3.63, 3.8) is 0 Å². The van der Waals surface area contributed by atoms with Gasteiger partial charge in [-0.25, -0.2) is 4.79 Å². The van der Waals surface area contributed by atoms with Crippen LogP contribution in [0.1, 0.15) is 9.67 Å². The SMILES string of the molecule is COC(=O)c1sccc1NC(=O)CSc1nncn1C. The number of amides is 1. The number of carbonyl (C=O) groups is 2. The van der Waals surface area contributed by atoms with Crippen molar-refractivity contribution < 1.29 is 14.3 Å². The van der Waals surface area contributed by atoms with Gasteiger partial charge in [0, 0.05) is 7.05 Å². The molecular formula is C11H12N4O3S2. The predicted octanol–water partition coefficient (Wildman–Crippen LogP) is 1.39. The molecule has 0 aliphatic carbocycles. The second-order valence-corrected chi connectivity index (χ2v) is 5.57. The zero-order chi connectivity index (χ0) is 14.5. The smallest absolute Gasteiger partial charge is 0.350 e. The molecule has 0 aromatic carbocycles. The zero-order valence-corrected chi connectivity index (χ0v) is 12.5. The number of thioether (sulfide) groups is 1. The maximum Gasteiger partial charge on any atom is 0.350 e. The van der Waals surface area contributed by atoms with Gasteiger partial charge in [-0.15, -0.1) is 21.5 Å². The van der Waals surface area contributed by atoms with Gasteiger partial charge in [0.2, 0.25) is 5.91 Å². The average molecular weight is 312 g/mol. The van der Waals surface area contributed by atoms with E-state index in [1.54, 1.807) is 29.4 Å². The number of esters is 1. The monoisotopic (exact) mass is 312 g/mol. The zero-order valence-electron chi connectivity index (χ0n) is 10.8. The molecule has 0 spiro atoms. The fourth-order valence-electron chi connectivity index (χ4n) is 1.38. The van der Waals surface area contributed by atoms with Crippen molar-refractivity contribution in [2.45, 2.75) is 5.16 Å². The Kier molecular flexibility index (Phi) is 4.74. The molecule has 9 heteroatoms. The van der Waals surface area contributed by atoms with Gasteiger partial charge in [-0.05, 0) is 11.4 Å². The molecule has 2 aromatic rings. The number of methoxy groups -OCH3 is 1. The van der Waals surface area contributed by atoms with E-state index in [1.807, 2.05) is 0 Å². The lowest BCUT2D eigenvalue weighted by Gasteiger charge is -2.05. The quantitative estimate of drug-likeness (QED) is 0.663. The lowest BCUT2D eigenvalue weighted by molar-refractivity contribution is -0.113. The Labute approximate surface area is 123 Å². The van der Waals surface area contributed by atoms with Crippen LogP contribution in [0.2, 0.25) is 0 Å². The first-order valence-corrected chi connectivity index (χ1v) is 7.40. The van der Waals surface area contributed by atoms with Gasteiger partial charge in [0.1, 0.15) is 11.2 Å². The van der Waals surface area contributed by atoms with Gasteiger partial charge in [0.05, 0.1) is 18.6 Å². The molecule has 0 saturated carbocycles. The van der Waals surface area contributed by atoms with Crippen molar-refractivity contribution in [3.8, 4) is 0 Å². The van der Waals surface area contributed by atoms with Crippen LogP contribution in [0.5, 0.6) is 0 Å². The van der Waals surface area contributed by atoms with Crippen LogP contribution >= 0.6 is 23.1 Å². The van der Waals surface area contributed by atoms with E-state index < -0.39 is 5.97 Å². The van der Waals surface area contributed by atoms with Gasteiger partial charge in [-0.1, -0.05) is 11.8 Å². The third kappa shape index (κ3) is 3.36. The number of aromatic nitrogens is 3. The van der Waals surface area contributed by atoms with Crippen LogP contribution in [0.3, 0.4) is 0 Å². The van der Waals surface area contributed by atoms with Crippen LogP contribution in [0, 0.1) is 0 Å². The number of aryl methyl sites for hydroxylation is 1. The minimum Gasteiger partial charge on any atom is -0.465 e. The van der Waals surface area contributed by atoms with Gasteiger partial charge in [-0.2, -0.15) is 0 Å². The number of thiophene rings is 1. The number of carbonyl (C=O) groups excluding carboxylic acids is 2. The van der Waals surface area contributed by atoms with Gasteiger partial charge < -0.3 is 14.6 Å². The first kappa shape index (κ1) is 14.5. The van der Waals surface area contributed by atoms with E-state index in [4.69, 9.17) is 0 Å². The number of nitrogens with one attached hydrogen (secondary N) is 1. The summed E-state index contributed by atoms with van der Waals surface area (Å²) in [6.45, 7) is 0. The Bertz CT molecular complexity index is 623. The Morgan fingerprint density at radius 2 is 2.35 bits per heavy atom. The van der Waals surface area contributed by atoms with Crippen molar-refractivity contribution in [3.05, 3.63) is 22.7 Å². The Balaban J connectivity index is 1.93. The lowest BCUT2D eigenvalue weighted by atomic mass is 10.4. The summed E-state index contributed by atoms with van der Waals surface area (Å²) < 4.78 is 6.37. The number of anilines is 1. The molecule has 2 rings (SSSR count). The molecule has 0 bridgehead atoms. The molecule has 2 aromatic heterocycles. The van der Waals surface area contributed by atoms with Gasteiger partial charge in [0.25, 0.3) is 0 Å². The van der Waals surface area contributed by atoms with E-state index >= 15 is 0 Å². The van der Waals surface area contributed by atoms with Crippen LogP contribution < -0.4 is 5.32 Å². The molecule has 0 aliphatic rings. The molecule has 1 N–H and O–H groups in total. The highest BCUT2D eigenvalue weighted by Gasteiger charge is 2.16. The second-order valence-electron chi connectivity index (χ2n) is 3.72. The third-order valence-electron chi connectivity index (χ3n) is 2.31. The van der Waals surface area contributed by atoms with E-state index in [1.165, 1.54) is 30.2 Å². The predicted molar refractivity (Wildman–Crippen MR) is 76.0 cm³/mol. The highest BCUT2D eigenvalue weighted by Crippen LogP contribution is 2.23. The first-order chi connectivity index (χ1) is 9.61. The summed E-state index contributed by atoms with van der Waals surface area (Å²) in [4.78, 5) is 23.7. The molecule has 1 amide bonds. The normalized spacial score (nSPS) is 10.3. The summed E-state index contributed by atoms with van der Waals surface area (Å²) in [7, 11) is 3.10. The summed E-state index contributed by atoms with van der Waals surface area (Å²) in [5.74, 6) is -0.499. The molecule has 20 heavy (non-hydrogen) atoms. The number of hydrogen-bond donors (Lipinski definition) is 1. The summed E-state index contributed by atoms with van der Waals surface area (Å²) in [5.41, 5.74) is 0.463. The van der Waals surface area contributed by atoms with Crippen LogP contribution in [-0.4, -0.2) is 39.5 Å². The molecule has 0 saturated heterocycles. The van der Waals surface area contributed by atoms with Crippen LogP contribution in [0.25, 0.3) is 0 Å². The highest BCUT2D eigenvalue weighted by molar-refractivity contribution is 7.99. The molecule has 0 radical (unpaired) electrons. The third-order valence-corrected chi connectivity index (χ3v) is 4.24. The van der Waals surface area contributed by atoms with Crippen LogP contribution in [0.4, 0.5) is 5.69 Å². The fourth-order valence-corrected chi connectivity index (χ4v) is 2.83. The molecule has 106 valence electrons. The van der Waals surface area contributed by atoms with Gasteiger partial charge in [-0.3, -0.25) is 4.79 Å². The van der Waals surface area contributed by atoms with Crippen molar-refractivity contribution in [2.24, 2.45) is 7.05 Å². The summed E-state index contributed by atoms with van der Waals surface area (Å²) >= 11 is 2.49. The highest BCUT2D eigenvalue weighted by atomic mass is 32.2. The molecule has 0 atom stereocenters. The van der Waals surface area contributed by atoms with Crippen molar-refractivity contribution in [1.82, 2.24) is 14.8 Å². The summed E-state index contributed by atoms with van der Waals surface area (Å²) in [6, 6.07) is 1.67. The van der Waals surface area contributed by atoms with Crippen molar-refractivity contribution in [1.29, 1.82) is 0 Å². The summed E-state index contributed by atoms with van der Waals surface area (Å²) in [5, 5.41) is 12.6. The number of nitrogens with zero attached hydrogens (tertiary/aromatic N) is 3. The van der Waals surface area contributed by atoms with Crippen molar-refractivity contribution >= 4 is 40.7 Å². The maximum absolute atomic E-state index is 11.8. The Morgan fingerprint density at radius 1 is 1.55 bits per heavy atom. The topological polar surface area (TPSA) is 86.1 Å². The largest absolute Gasteiger partial charge is 0.465 e. The van der Waals surface area contributed by atoms with E-state index in [0.717, 1.165) is 0 Å². The Hall–Kier alpha value is -1.87. The first-order valence-electron chi connectivity index (χ1n) is 5.54. The van der Waals surface area contributed by atoms with Gasteiger partial charge in [0.15, 0.2) is 5.16 Å². The minimum atomic E-state index is -0.462. The minimum absolute atomic E-state index is 0.184. The van der Waals surface area contributed by atoms with Crippen LogP contribution in [0.15, 0.2) is 22.9 Å². The molecule has 0 aliphatic heterocycles. The fraction of sp³-hybridized carbons (Fsp3) is 0.273. The number of ether oxygens (including phenoxy) is 1. The van der Waals surface area contributed by atoms with E-state index in [9.17, 15) is 9.59 Å². The summed E-state index contributed by atoms with van der Waals surface area (Å²) in [6.07, 6.45) is 1.56. The molecule has 2 heterocycles.